The Hall–Kier alpha value is -1.84. The van der Waals surface area contributed by atoms with Crippen LogP contribution >= 0.6 is 23.4 Å². The van der Waals surface area contributed by atoms with E-state index in [2.05, 4.69) is 4.98 Å². The molecule has 20 heavy (non-hydrogen) atoms. The van der Waals surface area contributed by atoms with Crippen molar-refractivity contribution in [3.05, 3.63) is 71.4 Å². The standard InChI is InChI=1S/C16H10ClNOS/c17-13-8-6-12(7-9-13)16(19)20-14-5-1-3-11-4-2-10-18-15(11)14/h1-10H. The molecule has 0 N–H and O–H groups in total. The highest BCUT2D eigenvalue weighted by Crippen LogP contribution is 2.29. The van der Waals surface area contributed by atoms with Gasteiger partial charge in [-0.25, -0.2) is 0 Å². The summed E-state index contributed by atoms with van der Waals surface area (Å²) in [4.78, 5) is 17.5. The van der Waals surface area contributed by atoms with Crippen molar-refractivity contribution in [1.29, 1.82) is 0 Å². The lowest BCUT2D eigenvalue weighted by Gasteiger charge is -2.04. The Bertz CT molecular complexity index is 766. The third-order valence-electron chi connectivity index (χ3n) is 2.88. The summed E-state index contributed by atoms with van der Waals surface area (Å²) in [6, 6.07) is 16.6. The molecule has 1 aromatic heterocycles. The van der Waals surface area contributed by atoms with Crippen LogP contribution in [-0.4, -0.2) is 10.1 Å². The van der Waals surface area contributed by atoms with E-state index in [4.69, 9.17) is 11.6 Å². The van der Waals surface area contributed by atoms with Crippen LogP contribution in [0.1, 0.15) is 10.4 Å². The summed E-state index contributed by atoms with van der Waals surface area (Å²) in [6.07, 6.45) is 1.74. The zero-order chi connectivity index (χ0) is 13.9. The lowest BCUT2D eigenvalue weighted by Crippen LogP contribution is -1.93. The Kier molecular flexibility index (Phi) is 3.72. The first-order valence-corrected chi connectivity index (χ1v) is 7.25. The minimum atomic E-state index is -0.0141. The number of carbonyl (C=O) groups is 1. The van der Waals surface area contributed by atoms with Gasteiger partial charge in [-0.2, -0.15) is 0 Å². The Balaban J connectivity index is 1.93. The van der Waals surface area contributed by atoms with Gasteiger partial charge in [0.05, 0.1) is 5.52 Å². The molecule has 0 unspecified atom stereocenters. The molecular weight excluding hydrogens is 290 g/mol. The van der Waals surface area contributed by atoms with Crippen molar-refractivity contribution >= 4 is 39.4 Å². The zero-order valence-electron chi connectivity index (χ0n) is 10.4. The van der Waals surface area contributed by atoms with Crippen LogP contribution in [0.3, 0.4) is 0 Å². The molecule has 0 spiro atoms. The Morgan fingerprint density at radius 3 is 2.55 bits per heavy atom. The second-order valence-electron chi connectivity index (χ2n) is 4.23. The van der Waals surface area contributed by atoms with Gasteiger partial charge in [0, 0.05) is 27.1 Å². The monoisotopic (exact) mass is 299 g/mol. The van der Waals surface area contributed by atoms with Crippen molar-refractivity contribution in [2.45, 2.75) is 4.90 Å². The molecular formula is C16H10ClNOS. The van der Waals surface area contributed by atoms with Crippen LogP contribution in [0.2, 0.25) is 5.02 Å². The molecule has 3 rings (SSSR count). The molecule has 0 aliphatic carbocycles. The fourth-order valence-electron chi connectivity index (χ4n) is 1.90. The molecule has 0 saturated carbocycles. The van der Waals surface area contributed by atoms with Crippen molar-refractivity contribution in [1.82, 2.24) is 4.98 Å². The van der Waals surface area contributed by atoms with E-state index in [1.165, 1.54) is 11.8 Å². The number of nitrogens with zero attached hydrogens (tertiary/aromatic N) is 1. The normalized spacial score (nSPS) is 10.7. The maximum Gasteiger partial charge on any atom is 0.224 e. The predicted octanol–water partition coefficient (Wildman–Crippen LogP) is 4.82. The molecule has 0 aliphatic heterocycles. The smallest absolute Gasteiger partial charge is 0.224 e. The van der Waals surface area contributed by atoms with E-state index in [1.54, 1.807) is 30.5 Å². The van der Waals surface area contributed by atoms with Crippen LogP contribution in [0.15, 0.2) is 65.7 Å². The van der Waals surface area contributed by atoms with E-state index >= 15 is 0 Å². The van der Waals surface area contributed by atoms with Crippen LogP contribution in [0, 0.1) is 0 Å². The largest absolute Gasteiger partial charge is 0.281 e. The molecule has 2 aromatic carbocycles. The number of aromatic nitrogens is 1. The van der Waals surface area contributed by atoms with Crippen molar-refractivity contribution in [2.24, 2.45) is 0 Å². The second kappa shape index (κ2) is 5.65. The number of benzene rings is 2. The lowest BCUT2D eigenvalue weighted by atomic mass is 10.2. The van der Waals surface area contributed by atoms with E-state index in [-0.39, 0.29) is 5.12 Å². The molecule has 2 nitrogen and oxygen atoms in total. The molecule has 1 heterocycles. The van der Waals surface area contributed by atoms with Gasteiger partial charge in [-0.05, 0) is 48.2 Å². The number of rotatable bonds is 2. The molecule has 0 radical (unpaired) electrons. The number of hydrogen-bond acceptors (Lipinski definition) is 3. The maximum absolute atomic E-state index is 12.3. The van der Waals surface area contributed by atoms with Gasteiger partial charge in [0.1, 0.15) is 0 Å². The van der Waals surface area contributed by atoms with Crippen molar-refractivity contribution in [2.75, 3.05) is 0 Å². The van der Waals surface area contributed by atoms with Gasteiger partial charge in [-0.15, -0.1) is 0 Å². The molecule has 3 aromatic rings. The minimum Gasteiger partial charge on any atom is -0.281 e. The molecule has 0 saturated heterocycles. The average molecular weight is 300 g/mol. The molecule has 4 heteroatoms. The second-order valence-corrected chi connectivity index (χ2v) is 5.68. The molecule has 0 fully saturated rings. The fourth-order valence-corrected chi connectivity index (χ4v) is 2.90. The molecule has 0 atom stereocenters. The minimum absolute atomic E-state index is 0.0141. The van der Waals surface area contributed by atoms with Gasteiger partial charge in [0.2, 0.25) is 5.12 Å². The number of carbonyl (C=O) groups excluding carboxylic acids is 1. The van der Waals surface area contributed by atoms with Crippen LogP contribution in [-0.2, 0) is 0 Å². The molecule has 98 valence electrons. The third-order valence-corrected chi connectivity index (χ3v) is 4.10. The topological polar surface area (TPSA) is 30.0 Å². The predicted molar refractivity (Wildman–Crippen MR) is 83.4 cm³/mol. The van der Waals surface area contributed by atoms with Gasteiger partial charge in [0.15, 0.2) is 0 Å². The van der Waals surface area contributed by atoms with Crippen LogP contribution in [0.4, 0.5) is 0 Å². The number of hydrogen-bond donors (Lipinski definition) is 0. The number of fused-ring (bicyclic) bond motifs is 1. The number of halogens is 1. The zero-order valence-corrected chi connectivity index (χ0v) is 12.0. The Labute approximate surface area is 125 Å². The van der Waals surface area contributed by atoms with Crippen LogP contribution < -0.4 is 0 Å². The van der Waals surface area contributed by atoms with E-state index in [0.717, 1.165) is 15.8 Å². The van der Waals surface area contributed by atoms with Gasteiger partial charge in [-0.3, -0.25) is 9.78 Å². The van der Waals surface area contributed by atoms with E-state index in [1.807, 2.05) is 30.3 Å². The average Bonchev–Trinajstić information content (AvgIpc) is 2.48. The highest BCUT2D eigenvalue weighted by atomic mass is 35.5. The van der Waals surface area contributed by atoms with Crippen LogP contribution in [0.5, 0.6) is 0 Å². The van der Waals surface area contributed by atoms with Crippen molar-refractivity contribution < 1.29 is 4.79 Å². The summed E-state index contributed by atoms with van der Waals surface area (Å²) in [5, 5.41) is 1.64. The summed E-state index contributed by atoms with van der Waals surface area (Å²) in [6.45, 7) is 0. The van der Waals surface area contributed by atoms with Crippen molar-refractivity contribution in [3.8, 4) is 0 Å². The number of thioether (sulfide) groups is 1. The molecule has 0 amide bonds. The Morgan fingerprint density at radius 1 is 1.00 bits per heavy atom. The first kappa shape index (κ1) is 13.2. The summed E-state index contributed by atoms with van der Waals surface area (Å²) >= 11 is 7.01. The summed E-state index contributed by atoms with van der Waals surface area (Å²) in [7, 11) is 0. The van der Waals surface area contributed by atoms with Crippen LogP contribution in [0.25, 0.3) is 10.9 Å². The fraction of sp³-hybridized carbons (Fsp3) is 0. The SMILES string of the molecule is O=C(Sc1cccc2cccnc12)c1ccc(Cl)cc1. The van der Waals surface area contributed by atoms with Crippen molar-refractivity contribution in [3.63, 3.8) is 0 Å². The molecule has 0 aliphatic rings. The third kappa shape index (κ3) is 2.69. The summed E-state index contributed by atoms with van der Waals surface area (Å²) in [5.74, 6) is 0. The first-order chi connectivity index (χ1) is 9.74. The van der Waals surface area contributed by atoms with E-state index in [9.17, 15) is 4.79 Å². The lowest BCUT2D eigenvalue weighted by molar-refractivity contribution is 0.108. The highest BCUT2D eigenvalue weighted by Gasteiger charge is 2.10. The van der Waals surface area contributed by atoms with Gasteiger partial charge < -0.3 is 0 Å². The Morgan fingerprint density at radius 2 is 1.75 bits per heavy atom. The van der Waals surface area contributed by atoms with E-state index in [0.29, 0.717) is 10.6 Å². The number of para-hydroxylation sites is 1. The summed E-state index contributed by atoms with van der Waals surface area (Å²) in [5.41, 5.74) is 1.48. The first-order valence-electron chi connectivity index (χ1n) is 6.05. The van der Waals surface area contributed by atoms with E-state index < -0.39 is 0 Å². The van der Waals surface area contributed by atoms with Gasteiger partial charge in [-0.1, -0.05) is 29.8 Å². The maximum atomic E-state index is 12.3. The summed E-state index contributed by atoms with van der Waals surface area (Å²) < 4.78 is 0. The quantitative estimate of drug-likeness (QED) is 0.635. The van der Waals surface area contributed by atoms with Gasteiger partial charge in [0.25, 0.3) is 0 Å². The number of pyridine rings is 1. The molecule has 0 bridgehead atoms. The highest BCUT2D eigenvalue weighted by molar-refractivity contribution is 8.14. The van der Waals surface area contributed by atoms with Gasteiger partial charge >= 0.3 is 0 Å².